The van der Waals surface area contributed by atoms with E-state index in [1.165, 1.54) is 0 Å². The van der Waals surface area contributed by atoms with Crippen LogP contribution < -0.4 is 10.1 Å². The van der Waals surface area contributed by atoms with Crippen LogP contribution in [0.25, 0.3) is 0 Å². The van der Waals surface area contributed by atoms with E-state index in [9.17, 15) is 0 Å². The summed E-state index contributed by atoms with van der Waals surface area (Å²) in [6.45, 7) is 2.84. The summed E-state index contributed by atoms with van der Waals surface area (Å²) in [6.07, 6.45) is -0.695. The molecule has 1 unspecified atom stereocenters. The van der Waals surface area contributed by atoms with Gasteiger partial charge in [-0.2, -0.15) is 0 Å². The Bertz CT molecular complexity index is 328. The molecule has 1 aromatic rings. The zero-order valence-electron chi connectivity index (χ0n) is 9.73. The van der Waals surface area contributed by atoms with Crippen LogP contribution in [0.15, 0.2) is 18.2 Å². The Morgan fingerprint density at radius 1 is 1.44 bits per heavy atom. The molecule has 16 heavy (non-hydrogen) atoms. The van der Waals surface area contributed by atoms with Gasteiger partial charge in [-0.05, 0) is 24.1 Å². The number of hydrogen-bond donors (Lipinski definition) is 3. The van der Waals surface area contributed by atoms with Gasteiger partial charge in [-0.15, -0.1) is 0 Å². The van der Waals surface area contributed by atoms with E-state index in [0.717, 1.165) is 16.9 Å². The number of rotatable bonds is 6. The van der Waals surface area contributed by atoms with Crippen LogP contribution in [-0.4, -0.2) is 36.6 Å². The lowest BCUT2D eigenvalue weighted by atomic mass is 10.1. The number of hydrogen-bond acceptors (Lipinski definition) is 4. The molecule has 1 atom stereocenters. The summed E-state index contributed by atoms with van der Waals surface area (Å²) in [4.78, 5) is 0. The van der Waals surface area contributed by atoms with Crippen molar-refractivity contribution in [3.63, 3.8) is 0 Å². The minimum absolute atomic E-state index is 0.214. The number of methoxy groups -OCH3 is 1. The van der Waals surface area contributed by atoms with Crippen molar-refractivity contribution < 1.29 is 14.9 Å². The van der Waals surface area contributed by atoms with E-state index in [1.54, 1.807) is 7.11 Å². The molecule has 0 saturated heterocycles. The van der Waals surface area contributed by atoms with Gasteiger partial charge in [-0.1, -0.05) is 12.1 Å². The van der Waals surface area contributed by atoms with Gasteiger partial charge in [0.05, 0.1) is 19.8 Å². The van der Waals surface area contributed by atoms with Crippen molar-refractivity contribution in [2.75, 3.05) is 20.3 Å². The van der Waals surface area contributed by atoms with E-state index in [0.29, 0.717) is 13.1 Å². The summed E-state index contributed by atoms with van der Waals surface area (Å²) in [5.41, 5.74) is 2.22. The molecular formula is C12H19NO3. The normalized spacial score (nSPS) is 12.5. The monoisotopic (exact) mass is 225 g/mol. The molecule has 0 amide bonds. The number of benzene rings is 1. The Hall–Kier alpha value is -1.10. The number of aliphatic hydroxyl groups is 2. The number of nitrogens with one attached hydrogen (secondary N) is 1. The first-order valence-electron chi connectivity index (χ1n) is 5.30. The van der Waals surface area contributed by atoms with Crippen molar-refractivity contribution in [3.05, 3.63) is 29.3 Å². The van der Waals surface area contributed by atoms with Crippen molar-refractivity contribution in [1.82, 2.24) is 5.32 Å². The smallest absolute Gasteiger partial charge is 0.121 e. The first kappa shape index (κ1) is 13.0. The summed E-state index contributed by atoms with van der Waals surface area (Å²) >= 11 is 0. The molecule has 0 aliphatic rings. The van der Waals surface area contributed by atoms with Gasteiger partial charge in [0.15, 0.2) is 0 Å². The van der Waals surface area contributed by atoms with Crippen LogP contribution in [0.3, 0.4) is 0 Å². The van der Waals surface area contributed by atoms with Gasteiger partial charge in [0.25, 0.3) is 0 Å². The van der Waals surface area contributed by atoms with Crippen LogP contribution in [0.5, 0.6) is 5.75 Å². The zero-order chi connectivity index (χ0) is 12.0. The van der Waals surface area contributed by atoms with Crippen LogP contribution in [0.4, 0.5) is 0 Å². The largest absolute Gasteiger partial charge is 0.496 e. The third-order valence-corrected chi connectivity index (χ3v) is 2.38. The second-order valence-electron chi connectivity index (χ2n) is 3.77. The first-order chi connectivity index (χ1) is 7.67. The molecule has 1 rings (SSSR count). The Morgan fingerprint density at radius 2 is 2.19 bits per heavy atom. The average Bonchev–Trinajstić information content (AvgIpc) is 2.29. The predicted octanol–water partition coefficient (Wildman–Crippen LogP) is 0.446. The Kier molecular flexibility index (Phi) is 5.25. The molecule has 0 radical (unpaired) electrons. The van der Waals surface area contributed by atoms with Gasteiger partial charge in [-0.25, -0.2) is 0 Å². The molecule has 3 N–H and O–H groups in total. The van der Waals surface area contributed by atoms with E-state index in [1.807, 2.05) is 25.1 Å². The molecule has 0 aliphatic heterocycles. The van der Waals surface area contributed by atoms with E-state index >= 15 is 0 Å². The second-order valence-corrected chi connectivity index (χ2v) is 3.77. The molecule has 0 bridgehead atoms. The SMILES string of the molecule is COc1ccc(CNCC(O)CO)cc1C. The van der Waals surface area contributed by atoms with E-state index in [-0.39, 0.29) is 6.61 Å². The predicted molar refractivity (Wildman–Crippen MR) is 62.5 cm³/mol. The van der Waals surface area contributed by atoms with Crippen molar-refractivity contribution in [2.24, 2.45) is 0 Å². The third kappa shape index (κ3) is 3.81. The third-order valence-electron chi connectivity index (χ3n) is 2.38. The molecule has 0 aromatic heterocycles. The van der Waals surface area contributed by atoms with Crippen LogP contribution in [0.2, 0.25) is 0 Å². The lowest BCUT2D eigenvalue weighted by Crippen LogP contribution is -2.28. The summed E-state index contributed by atoms with van der Waals surface area (Å²) in [6, 6.07) is 5.94. The van der Waals surface area contributed by atoms with Gasteiger partial charge in [0, 0.05) is 13.1 Å². The molecule has 0 fully saturated rings. The minimum atomic E-state index is -0.695. The van der Waals surface area contributed by atoms with Gasteiger partial charge < -0.3 is 20.3 Å². The number of aryl methyl sites for hydroxylation is 1. The van der Waals surface area contributed by atoms with E-state index in [2.05, 4.69) is 5.32 Å². The lowest BCUT2D eigenvalue weighted by molar-refractivity contribution is 0.0942. The van der Waals surface area contributed by atoms with Crippen molar-refractivity contribution in [3.8, 4) is 5.75 Å². The fourth-order valence-electron chi connectivity index (χ4n) is 1.50. The molecule has 1 aromatic carbocycles. The van der Waals surface area contributed by atoms with Gasteiger partial charge in [-0.3, -0.25) is 0 Å². The number of aliphatic hydroxyl groups excluding tert-OH is 2. The molecule has 0 aliphatic carbocycles. The highest BCUT2D eigenvalue weighted by Gasteiger charge is 2.02. The molecule has 0 heterocycles. The maximum atomic E-state index is 9.14. The highest BCUT2D eigenvalue weighted by molar-refractivity contribution is 5.36. The number of ether oxygens (including phenoxy) is 1. The molecule has 4 nitrogen and oxygen atoms in total. The van der Waals surface area contributed by atoms with Crippen LogP contribution in [0, 0.1) is 6.92 Å². The maximum absolute atomic E-state index is 9.14. The Balaban J connectivity index is 2.46. The van der Waals surface area contributed by atoms with Crippen molar-refractivity contribution in [2.45, 2.75) is 19.6 Å². The summed E-state index contributed by atoms with van der Waals surface area (Å²) in [7, 11) is 1.65. The molecule has 0 saturated carbocycles. The van der Waals surface area contributed by atoms with E-state index in [4.69, 9.17) is 14.9 Å². The highest BCUT2D eigenvalue weighted by atomic mass is 16.5. The molecule has 4 heteroatoms. The minimum Gasteiger partial charge on any atom is -0.496 e. The Morgan fingerprint density at radius 3 is 2.75 bits per heavy atom. The fourth-order valence-corrected chi connectivity index (χ4v) is 1.50. The Labute approximate surface area is 95.9 Å². The molecule has 0 spiro atoms. The summed E-state index contributed by atoms with van der Waals surface area (Å²) in [5.74, 6) is 0.874. The molecule has 90 valence electrons. The quantitative estimate of drug-likeness (QED) is 0.657. The maximum Gasteiger partial charge on any atom is 0.121 e. The zero-order valence-corrected chi connectivity index (χ0v) is 9.73. The van der Waals surface area contributed by atoms with Gasteiger partial charge in [0.2, 0.25) is 0 Å². The van der Waals surface area contributed by atoms with E-state index < -0.39 is 6.10 Å². The first-order valence-corrected chi connectivity index (χ1v) is 5.30. The summed E-state index contributed by atoms with van der Waals surface area (Å²) < 4.78 is 5.17. The second kappa shape index (κ2) is 6.48. The van der Waals surface area contributed by atoms with Gasteiger partial charge >= 0.3 is 0 Å². The molecular weight excluding hydrogens is 206 g/mol. The topological polar surface area (TPSA) is 61.7 Å². The van der Waals surface area contributed by atoms with Crippen molar-refractivity contribution >= 4 is 0 Å². The van der Waals surface area contributed by atoms with Crippen molar-refractivity contribution in [1.29, 1.82) is 0 Å². The fraction of sp³-hybridized carbons (Fsp3) is 0.500. The van der Waals surface area contributed by atoms with Crippen LogP contribution in [0.1, 0.15) is 11.1 Å². The van der Waals surface area contributed by atoms with Crippen LogP contribution >= 0.6 is 0 Å². The van der Waals surface area contributed by atoms with Gasteiger partial charge in [0.1, 0.15) is 5.75 Å². The summed E-state index contributed by atoms with van der Waals surface area (Å²) in [5, 5.41) is 20.8. The highest BCUT2D eigenvalue weighted by Crippen LogP contribution is 2.18. The standard InChI is InChI=1S/C12H19NO3/c1-9-5-10(3-4-12(9)16-2)6-13-7-11(15)8-14/h3-5,11,13-15H,6-8H2,1-2H3. The lowest BCUT2D eigenvalue weighted by Gasteiger charge is -2.10. The van der Waals surface area contributed by atoms with Crippen LogP contribution in [-0.2, 0) is 6.54 Å². The average molecular weight is 225 g/mol.